The standard InChI is InChI=1S/C15H14F2N4O.C5H11N/c16-15(17)10-7-18-8-13(14(10)22)21-6-9-1-2-11-12(5-9)20-4-3-19-11;1-5-3-2-4-6-5/h1-5,8,15,18,21-22H,6-7H2;5-6H,2-4H2,1H3. The number of fused-ring (bicyclic) bond motifs is 1. The molecule has 1 fully saturated rings. The molecule has 1 aromatic carbocycles. The van der Waals surface area contributed by atoms with Gasteiger partial charge in [0, 0.05) is 37.7 Å². The highest BCUT2D eigenvalue weighted by atomic mass is 19.3. The van der Waals surface area contributed by atoms with Gasteiger partial charge in [-0.05, 0) is 44.0 Å². The van der Waals surface area contributed by atoms with Crippen LogP contribution in [-0.4, -0.2) is 40.6 Å². The quantitative estimate of drug-likeness (QED) is 0.644. The summed E-state index contributed by atoms with van der Waals surface area (Å²) in [6.07, 6.45) is 4.78. The van der Waals surface area contributed by atoms with Crippen molar-refractivity contribution in [1.29, 1.82) is 0 Å². The molecule has 0 bridgehead atoms. The third kappa shape index (κ3) is 5.16. The predicted molar refractivity (Wildman–Crippen MR) is 105 cm³/mol. The highest BCUT2D eigenvalue weighted by Crippen LogP contribution is 2.20. The number of hydrogen-bond donors (Lipinski definition) is 4. The zero-order valence-electron chi connectivity index (χ0n) is 15.8. The van der Waals surface area contributed by atoms with Gasteiger partial charge in [-0.3, -0.25) is 9.97 Å². The van der Waals surface area contributed by atoms with Gasteiger partial charge in [-0.1, -0.05) is 6.07 Å². The van der Waals surface area contributed by atoms with E-state index in [1.54, 1.807) is 12.4 Å². The Morgan fingerprint density at radius 3 is 2.68 bits per heavy atom. The second-order valence-electron chi connectivity index (χ2n) is 6.84. The molecular formula is C20H25F2N5O. The average molecular weight is 389 g/mol. The van der Waals surface area contributed by atoms with Crippen LogP contribution >= 0.6 is 0 Å². The van der Waals surface area contributed by atoms with E-state index in [0.717, 1.165) is 22.6 Å². The van der Waals surface area contributed by atoms with Crippen molar-refractivity contribution in [2.24, 2.45) is 0 Å². The molecule has 0 spiro atoms. The normalized spacial score (nSPS) is 19.1. The Morgan fingerprint density at radius 2 is 2.04 bits per heavy atom. The van der Waals surface area contributed by atoms with Crippen LogP contribution in [0.4, 0.5) is 8.78 Å². The van der Waals surface area contributed by atoms with Gasteiger partial charge in [0.15, 0.2) is 0 Å². The second-order valence-corrected chi connectivity index (χ2v) is 6.84. The lowest BCUT2D eigenvalue weighted by Crippen LogP contribution is -2.28. The number of dihydropyridines is 1. The number of nitrogens with one attached hydrogen (secondary N) is 3. The number of rotatable bonds is 4. The van der Waals surface area contributed by atoms with Gasteiger partial charge >= 0.3 is 0 Å². The van der Waals surface area contributed by atoms with Crippen LogP contribution in [0.1, 0.15) is 25.3 Å². The monoisotopic (exact) mass is 389 g/mol. The van der Waals surface area contributed by atoms with Gasteiger partial charge in [0.05, 0.1) is 22.3 Å². The molecule has 4 N–H and O–H groups in total. The van der Waals surface area contributed by atoms with E-state index in [4.69, 9.17) is 0 Å². The minimum absolute atomic E-state index is 0.0553. The lowest BCUT2D eigenvalue weighted by atomic mass is 10.1. The van der Waals surface area contributed by atoms with Gasteiger partial charge in [0.1, 0.15) is 5.76 Å². The van der Waals surface area contributed by atoms with Crippen LogP contribution in [-0.2, 0) is 6.54 Å². The smallest absolute Gasteiger partial charge is 0.265 e. The molecule has 0 amide bonds. The molecule has 2 aromatic rings. The highest BCUT2D eigenvalue weighted by molar-refractivity contribution is 5.74. The molecule has 2 aliphatic heterocycles. The van der Waals surface area contributed by atoms with Crippen LogP contribution in [0.5, 0.6) is 0 Å². The summed E-state index contributed by atoms with van der Waals surface area (Å²) < 4.78 is 25.5. The van der Waals surface area contributed by atoms with Crippen LogP contribution in [0, 0.1) is 0 Å². The summed E-state index contributed by atoms with van der Waals surface area (Å²) in [4.78, 5) is 8.39. The van der Waals surface area contributed by atoms with Crippen molar-refractivity contribution in [3.8, 4) is 0 Å². The number of halogens is 2. The first kappa shape index (κ1) is 20.0. The summed E-state index contributed by atoms with van der Waals surface area (Å²) in [7, 11) is 0. The van der Waals surface area contributed by atoms with E-state index < -0.39 is 12.2 Å². The third-order valence-corrected chi connectivity index (χ3v) is 4.69. The fourth-order valence-electron chi connectivity index (χ4n) is 3.08. The number of alkyl halides is 2. The molecule has 2 aliphatic rings. The zero-order chi connectivity index (χ0) is 19.9. The molecule has 6 nitrogen and oxygen atoms in total. The van der Waals surface area contributed by atoms with Crippen molar-refractivity contribution in [1.82, 2.24) is 25.9 Å². The van der Waals surface area contributed by atoms with Gasteiger partial charge < -0.3 is 21.1 Å². The average Bonchev–Trinajstić information content (AvgIpc) is 3.18. The van der Waals surface area contributed by atoms with Crippen LogP contribution in [0.15, 0.2) is 53.8 Å². The van der Waals surface area contributed by atoms with Crippen molar-refractivity contribution in [2.45, 2.75) is 38.8 Å². The predicted octanol–water partition coefficient (Wildman–Crippen LogP) is 3.00. The Kier molecular flexibility index (Phi) is 6.76. The first-order valence-electron chi connectivity index (χ1n) is 9.35. The van der Waals surface area contributed by atoms with E-state index in [0.29, 0.717) is 6.54 Å². The second kappa shape index (κ2) is 9.45. The van der Waals surface area contributed by atoms with E-state index in [9.17, 15) is 13.9 Å². The van der Waals surface area contributed by atoms with Gasteiger partial charge in [-0.15, -0.1) is 0 Å². The van der Waals surface area contributed by atoms with Gasteiger partial charge in [-0.25, -0.2) is 8.78 Å². The summed E-state index contributed by atoms with van der Waals surface area (Å²) >= 11 is 0. The molecular weight excluding hydrogens is 364 g/mol. The highest BCUT2D eigenvalue weighted by Gasteiger charge is 2.22. The van der Waals surface area contributed by atoms with E-state index in [-0.39, 0.29) is 17.8 Å². The molecule has 4 rings (SSSR count). The number of aliphatic hydroxyl groups is 1. The number of aliphatic hydroxyl groups excluding tert-OH is 1. The fraction of sp³-hybridized carbons (Fsp3) is 0.400. The molecule has 1 atom stereocenters. The summed E-state index contributed by atoms with van der Waals surface area (Å²) in [5.74, 6) is -0.394. The molecule has 0 radical (unpaired) electrons. The van der Waals surface area contributed by atoms with E-state index in [2.05, 4.69) is 32.8 Å². The third-order valence-electron chi connectivity index (χ3n) is 4.69. The molecule has 3 heterocycles. The fourth-order valence-corrected chi connectivity index (χ4v) is 3.08. The molecule has 1 saturated heterocycles. The Labute approximate surface area is 162 Å². The Morgan fingerprint density at radius 1 is 1.25 bits per heavy atom. The molecule has 150 valence electrons. The molecule has 28 heavy (non-hydrogen) atoms. The summed E-state index contributed by atoms with van der Waals surface area (Å²) in [5.41, 5.74) is 2.39. The Hall–Kier alpha value is -2.74. The van der Waals surface area contributed by atoms with Crippen molar-refractivity contribution in [3.05, 3.63) is 59.4 Å². The van der Waals surface area contributed by atoms with Gasteiger partial charge in [0.2, 0.25) is 0 Å². The summed E-state index contributed by atoms with van der Waals surface area (Å²) in [6.45, 7) is 3.79. The minimum Gasteiger partial charge on any atom is -0.505 e. The van der Waals surface area contributed by atoms with E-state index in [1.807, 2.05) is 18.2 Å². The largest absolute Gasteiger partial charge is 0.505 e. The zero-order valence-corrected chi connectivity index (χ0v) is 15.8. The van der Waals surface area contributed by atoms with Crippen LogP contribution in [0.25, 0.3) is 11.0 Å². The number of benzene rings is 1. The topological polar surface area (TPSA) is 82.1 Å². The maximum atomic E-state index is 12.8. The van der Waals surface area contributed by atoms with Crippen molar-refractivity contribution in [2.75, 3.05) is 13.1 Å². The number of hydrogen-bond acceptors (Lipinski definition) is 6. The lowest BCUT2D eigenvalue weighted by molar-refractivity contribution is 0.177. The maximum absolute atomic E-state index is 12.8. The number of aromatic nitrogens is 2. The maximum Gasteiger partial charge on any atom is 0.265 e. The summed E-state index contributed by atoms with van der Waals surface area (Å²) in [6, 6.07) is 6.37. The Bertz CT molecular complexity index is 863. The molecule has 1 aromatic heterocycles. The first-order chi connectivity index (χ1) is 13.5. The molecule has 0 saturated carbocycles. The van der Waals surface area contributed by atoms with Crippen LogP contribution in [0.2, 0.25) is 0 Å². The number of nitrogens with zero attached hydrogens (tertiary/aromatic N) is 2. The Balaban J connectivity index is 0.000000320. The van der Waals surface area contributed by atoms with Crippen molar-refractivity contribution < 1.29 is 13.9 Å². The van der Waals surface area contributed by atoms with Gasteiger partial charge in [0.25, 0.3) is 6.43 Å². The molecule has 0 aliphatic carbocycles. The van der Waals surface area contributed by atoms with Crippen LogP contribution in [0.3, 0.4) is 0 Å². The van der Waals surface area contributed by atoms with E-state index >= 15 is 0 Å². The van der Waals surface area contributed by atoms with Crippen molar-refractivity contribution >= 4 is 11.0 Å². The summed E-state index contributed by atoms with van der Waals surface area (Å²) in [5, 5.41) is 18.8. The van der Waals surface area contributed by atoms with Gasteiger partial charge in [-0.2, -0.15) is 0 Å². The molecule has 8 heteroatoms. The first-order valence-corrected chi connectivity index (χ1v) is 9.35. The minimum atomic E-state index is -2.69. The van der Waals surface area contributed by atoms with Crippen LogP contribution < -0.4 is 16.0 Å². The van der Waals surface area contributed by atoms with Crippen molar-refractivity contribution in [3.63, 3.8) is 0 Å². The van der Waals surface area contributed by atoms with E-state index in [1.165, 1.54) is 25.6 Å². The SMILES string of the molecule is CC1CCCN1.OC1=C(C(F)F)CNC=C1NCc1ccc2nccnc2c1. The lowest BCUT2D eigenvalue weighted by Gasteiger charge is -2.19. The molecule has 1 unspecified atom stereocenters.